The van der Waals surface area contributed by atoms with Crippen LogP contribution >= 0.6 is 23.2 Å². The van der Waals surface area contributed by atoms with Gasteiger partial charge in [0.15, 0.2) is 0 Å². The second kappa shape index (κ2) is 6.66. The lowest BCUT2D eigenvalue weighted by Gasteiger charge is -2.34. The van der Waals surface area contributed by atoms with Crippen LogP contribution in [0.4, 0.5) is 11.4 Å². The van der Waals surface area contributed by atoms with Crippen molar-refractivity contribution in [2.45, 2.75) is 31.7 Å². The molecule has 0 heterocycles. The van der Waals surface area contributed by atoms with E-state index < -0.39 is 0 Å². The molecular weight excluding hydrogens is 297 g/mol. The largest absolute Gasteiger partial charge is 0.399 e. The van der Waals surface area contributed by atoms with Gasteiger partial charge in [0.2, 0.25) is 5.91 Å². The van der Waals surface area contributed by atoms with Crippen LogP contribution in [0.1, 0.15) is 25.7 Å². The highest BCUT2D eigenvalue weighted by Crippen LogP contribution is 2.32. The maximum absolute atomic E-state index is 11.9. The molecule has 0 atom stereocenters. The predicted molar refractivity (Wildman–Crippen MR) is 84.4 cm³/mol. The van der Waals surface area contributed by atoms with Crippen molar-refractivity contribution >= 4 is 40.5 Å². The Morgan fingerprint density at radius 1 is 1.40 bits per heavy atom. The minimum Gasteiger partial charge on any atom is -0.399 e. The Hall–Kier alpha value is -0.970. The summed E-state index contributed by atoms with van der Waals surface area (Å²) in [6.45, 7) is 0.737. The minimum absolute atomic E-state index is 0.0928. The molecule has 0 saturated heterocycles. The van der Waals surface area contributed by atoms with Crippen LogP contribution in [0.25, 0.3) is 0 Å². The number of carbonyl (C=O) groups is 1. The molecule has 0 aromatic heterocycles. The number of nitrogens with two attached hydrogens (primary N) is 1. The number of nitrogen functional groups attached to an aromatic ring is 1. The molecule has 20 heavy (non-hydrogen) atoms. The van der Waals surface area contributed by atoms with Gasteiger partial charge in [0.25, 0.3) is 0 Å². The van der Waals surface area contributed by atoms with Crippen molar-refractivity contribution in [1.82, 2.24) is 4.90 Å². The predicted octanol–water partition coefficient (Wildman–Crippen LogP) is 3.39. The van der Waals surface area contributed by atoms with Gasteiger partial charge < -0.3 is 16.0 Å². The van der Waals surface area contributed by atoms with E-state index in [1.807, 2.05) is 0 Å². The Labute approximate surface area is 129 Å². The quantitative estimate of drug-likeness (QED) is 0.819. The van der Waals surface area contributed by atoms with Crippen LogP contribution < -0.4 is 11.1 Å². The summed E-state index contributed by atoms with van der Waals surface area (Å²) in [5.41, 5.74) is 6.53. The Balaban J connectivity index is 1.88. The van der Waals surface area contributed by atoms with Crippen LogP contribution in [-0.4, -0.2) is 30.4 Å². The lowest BCUT2D eigenvalue weighted by molar-refractivity contribution is -0.116. The van der Waals surface area contributed by atoms with Crippen LogP contribution in [-0.2, 0) is 4.79 Å². The summed E-state index contributed by atoms with van der Waals surface area (Å²) in [4.78, 5) is 14.2. The number of halogens is 2. The van der Waals surface area contributed by atoms with Gasteiger partial charge in [-0.25, -0.2) is 0 Å². The number of hydrogen-bond acceptors (Lipinski definition) is 3. The number of nitrogens with one attached hydrogen (secondary N) is 1. The first-order valence-electron chi connectivity index (χ1n) is 6.72. The van der Waals surface area contributed by atoms with Gasteiger partial charge in [-0.1, -0.05) is 29.6 Å². The maximum Gasteiger partial charge on any atom is 0.225 e. The molecule has 4 nitrogen and oxygen atoms in total. The summed E-state index contributed by atoms with van der Waals surface area (Å²) in [6.07, 6.45) is 4.17. The van der Waals surface area contributed by atoms with Crippen molar-refractivity contribution in [3.05, 3.63) is 22.2 Å². The minimum atomic E-state index is -0.0928. The van der Waals surface area contributed by atoms with Gasteiger partial charge in [0, 0.05) is 24.7 Å². The van der Waals surface area contributed by atoms with Crippen molar-refractivity contribution in [2.75, 3.05) is 24.6 Å². The Morgan fingerprint density at radius 3 is 2.50 bits per heavy atom. The second-order valence-electron chi connectivity index (χ2n) is 5.22. The molecule has 1 amide bonds. The number of carbonyl (C=O) groups excluding carboxylic acids is 1. The molecule has 2 rings (SSSR count). The molecule has 1 aliphatic rings. The first-order chi connectivity index (χ1) is 9.47. The van der Waals surface area contributed by atoms with E-state index in [0.717, 1.165) is 6.54 Å². The van der Waals surface area contributed by atoms with Gasteiger partial charge >= 0.3 is 0 Å². The summed E-state index contributed by atoms with van der Waals surface area (Å²) in [6, 6.07) is 3.78. The van der Waals surface area contributed by atoms with Gasteiger partial charge in [0.05, 0.1) is 15.7 Å². The van der Waals surface area contributed by atoms with Crippen molar-refractivity contribution < 1.29 is 4.79 Å². The van der Waals surface area contributed by atoms with E-state index in [1.54, 1.807) is 12.1 Å². The van der Waals surface area contributed by atoms with Gasteiger partial charge in [-0.2, -0.15) is 0 Å². The molecule has 0 spiro atoms. The fourth-order valence-electron chi connectivity index (χ4n) is 2.20. The third-order valence-corrected chi connectivity index (χ3v) is 4.31. The highest BCUT2D eigenvalue weighted by atomic mass is 35.5. The molecule has 6 heteroatoms. The molecule has 3 N–H and O–H groups in total. The Morgan fingerprint density at radius 2 is 2.00 bits per heavy atom. The van der Waals surface area contributed by atoms with E-state index in [0.29, 0.717) is 33.9 Å². The fraction of sp³-hybridized carbons (Fsp3) is 0.500. The van der Waals surface area contributed by atoms with Crippen molar-refractivity contribution in [3.8, 4) is 0 Å². The van der Waals surface area contributed by atoms with Crippen LogP contribution in [0.2, 0.25) is 10.0 Å². The first kappa shape index (κ1) is 15.4. The molecule has 110 valence electrons. The zero-order chi connectivity index (χ0) is 14.7. The highest BCUT2D eigenvalue weighted by molar-refractivity contribution is 6.40. The highest BCUT2D eigenvalue weighted by Gasteiger charge is 2.22. The molecular formula is C14H19Cl2N3O. The topological polar surface area (TPSA) is 58.4 Å². The first-order valence-corrected chi connectivity index (χ1v) is 7.47. The van der Waals surface area contributed by atoms with Gasteiger partial charge in [-0.3, -0.25) is 4.79 Å². The average Bonchev–Trinajstić information content (AvgIpc) is 2.29. The number of benzene rings is 1. The molecule has 0 aliphatic heterocycles. The number of rotatable bonds is 5. The number of anilines is 2. The zero-order valence-electron chi connectivity index (χ0n) is 11.5. The number of hydrogen-bond donors (Lipinski definition) is 2. The van der Waals surface area contributed by atoms with Crippen molar-refractivity contribution in [1.29, 1.82) is 0 Å². The summed E-state index contributed by atoms with van der Waals surface area (Å²) in [5, 5.41) is 3.47. The fourth-order valence-corrected chi connectivity index (χ4v) is 2.80. The molecule has 0 unspecified atom stereocenters. The van der Waals surface area contributed by atoms with E-state index in [1.165, 1.54) is 19.3 Å². The van der Waals surface area contributed by atoms with Gasteiger partial charge in [-0.05, 0) is 32.0 Å². The van der Waals surface area contributed by atoms with E-state index in [-0.39, 0.29) is 5.91 Å². The molecule has 0 radical (unpaired) electrons. The third-order valence-electron chi connectivity index (χ3n) is 3.72. The smallest absolute Gasteiger partial charge is 0.225 e. The second-order valence-corrected chi connectivity index (χ2v) is 6.04. The summed E-state index contributed by atoms with van der Waals surface area (Å²) >= 11 is 12.1. The Bertz CT molecular complexity index is 480. The molecule has 1 fully saturated rings. The Kier molecular flexibility index (Phi) is 5.13. The lowest BCUT2D eigenvalue weighted by atomic mass is 9.92. The van der Waals surface area contributed by atoms with E-state index >= 15 is 0 Å². The molecule has 1 aliphatic carbocycles. The summed E-state index contributed by atoms with van der Waals surface area (Å²) in [7, 11) is 2.06. The van der Waals surface area contributed by atoms with E-state index in [9.17, 15) is 4.79 Å². The van der Waals surface area contributed by atoms with Crippen LogP contribution in [0.15, 0.2) is 12.1 Å². The molecule has 0 bridgehead atoms. The number of nitrogens with zero attached hydrogens (tertiary/aromatic N) is 1. The third kappa shape index (κ3) is 3.78. The molecule has 1 saturated carbocycles. The van der Waals surface area contributed by atoms with Crippen LogP contribution in [0.3, 0.4) is 0 Å². The van der Waals surface area contributed by atoms with Crippen LogP contribution in [0, 0.1) is 0 Å². The van der Waals surface area contributed by atoms with Crippen molar-refractivity contribution in [2.24, 2.45) is 0 Å². The van der Waals surface area contributed by atoms with Crippen molar-refractivity contribution in [3.63, 3.8) is 0 Å². The monoisotopic (exact) mass is 315 g/mol. The number of amides is 1. The van der Waals surface area contributed by atoms with E-state index in [2.05, 4.69) is 17.3 Å². The zero-order valence-corrected chi connectivity index (χ0v) is 13.0. The SMILES string of the molecule is CN(CCC(=O)Nc1c(Cl)cc(N)cc1Cl)C1CCC1. The maximum atomic E-state index is 11.9. The molecule has 1 aromatic carbocycles. The van der Waals surface area contributed by atoms with Gasteiger partial charge in [0.1, 0.15) is 0 Å². The average molecular weight is 316 g/mol. The lowest BCUT2D eigenvalue weighted by Crippen LogP contribution is -2.38. The summed E-state index contributed by atoms with van der Waals surface area (Å²) in [5.74, 6) is -0.0928. The van der Waals surface area contributed by atoms with Gasteiger partial charge in [-0.15, -0.1) is 0 Å². The molecule has 1 aromatic rings. The van der Waals surface area contributed by atoms with Crippen LogP contribution in [0.5, 0.6) is 0 Å². The normalized spacial score (nSPS) is 15.2. The van der Waals surface area contributed by atoms with E-state index in [4.69, 9.17) is 28.9 Å². The standard InChI is InChI=1S/C14H19Cl2N3O/c1-19(10-3-2-4-10)6-5-13(20)18-14-11(15)7-9(17)8-12(14)16/h7-8,10H,2-6,17H2,1H3,(H,18,20). The summed E-state index contributed by atoms with van der Waals surface area (Å²) < 4.78 is 0.